The fourth-order valence-electron chi connectivity index (χ4n) is 3.19. The van der Waals surface area contributed by atoms with E-state index in [9.17, 15) is 14.0 Å². The fraction of sp³-hybridized carbons (Fsp3) is 0.556. The Morgan fingerprint density at radius 2 is 2.09 bits per heavy atom. The first kappa shape index (κ1) is 17.6. The van der Waals surface area contributed by atoms with Gasteiger partial charge in [-0.1, -0.05) is 19.1 Å². The maximum Gasteiger partial charge on any atom is 0.225 e. The van der Waals surface area contributed by atoms with Crippen LogP contribution in [-0.4, -0.2) is 55.2 Å². The highest BCUT2D eigenvalue weighted by Crippen LogP contribution is 2.18. The lowest BCUT2D eigenvalue weighted by Crippen LogP contribution is -2.36. The Bertz CT molecular complexity index is 576. The number of nitrogens with zero attached hydrogens (tertiary/aromatic N) is 2. The Morgan fingerprint density at radius 1 is 1.39 bits per heavy atom. The minimum Gasteiger partial charge on any atom is -0.345 e. The number of likely N-dealkylation sites (tertiary alicyclic amines) is 1. The Balaban J connectivity index is 1.89. The smallest absolute Gasteiger partial charge is 0.225 e. The number of carbonyl (C=O) groups excluding carboxylic acids is 2. The molecule has 5 heteroatoms. The number of halogens is 1. The number of hydrogen-bond acceptors (Lipinski definition) is 3. The van der Waals surface area contributed by atoms with E-state index in [0.29, 0.717) is 12.5 Å². The van der Waals surface area contributed by atoms with Crippen molar-refractivity contribution in [2.24, 2.45) is 11.8 Å². The third-order valence-electron chi connectivity index (χ3n) is 4.48. The molecule has 4 nitrogen and oxygen atoms in total. The fourth-order valence-corrected chi connectivity index (χ4v) is 3.19. The second-order valence-corrected chi connectivity index (χ2v) is 6.64. The van der Waals surface area contributed by atoms with Crippen molar-refractivity contribution in [3.8, 4) is 0 Å². The van der Waals surface area contributed by atoms with Crippen molar-refractivity contribution in [1.29, 1.82) is 0 Å². The van der Waals surface area contributed by atoms with Gasteiger partial charge in [0.25, 0.3) is 0 Å². The lowest BCUT2D eigenvalue weighted by Gasteiger charge is -2.24. The van der Waals surface area contributed by atoms with Crippen LogP contribution in [0.25, 0.3) is 0 Å². The summed E-state index contributed by atoms with van der Waals surface area (Å²) in [6, 6.07) is 5.91. The molecule has 0 unspecified atom stereocenters. The molecule has 23 heavy (non-hydrogen) atoms. The molecule has 126 valence electrons. The Morgan fingerprint density at radius 3 is 2.70 bits per heavy atom. The van der Waals surface area contributed by atoms with Gasteiger partial charge in [0.05, 0.1) is 5.56 Å². The first-order chi connectivity index (χ1) is 10.9. The summed E-state index contributed by atoms with van der Waals surface area (Å²) in [5.41, 5.74) is 0.0622. The van der Waals surface area contributed by atoms with Crippen LogP contribution in [-0.2, 0) is 4.79 Å². The largest absolute Gasteiger partial charge is 0.345 e. The van der Waals surface area contributed by atoms with Crippen molar-refractivity contribution in [2.45, 2.75) is 19.8 Å². The standard InChI is InChI=1S/C18H25FN2O2/c1-13(10-17(22)15-6-4-5-7-16(15)19)18(23)21(3)12-14-8-9-20(2)11-14/h4-7,13-14H,8-12H2,1-3H3/t13-,14-/m1/s1. The molecule has 0 N–H and O–H groups in total. The molecule has 1 aromatic rings. The van der Waals surface area contributed by atoms with Crippen molar-refractivity contribution < 1.29 is 14.0 Å². The molecular weight excluding hydrogens is 295 g/mol. The molecule has 2 rings (SSSR count). The number of amides is 1. The monoisotopic (exact) mass is 320 g/mol. The van der Waals surface area contributed by atoms with Crippen LogP contribution in [0.2, 0.25) is 0 Å². The van der Waals surface area contributed by atoms with E-state index < -0.39 is 11.7 Å². The van der Waals surface area contributed by atoms with E-state index >= 15 is 0 Å². The lowest BCUT2D eigenvalue weighted by molar-refractivity contribution is -0.134. The van der Waals surface area contributed by atoms with Gasteiger partial charge in [-0.05, 0) is 38.1 Å². The van der Waals surface area contributed by atoms with Gasteiger partial charge in [0.2, 0.25) is 5.91 Å². The summed E-state index contributed by atoms with van der Waals surface area (Å²) in [4.78, 5) is 28.6. The Hall–Kier alpha value is -1.75. The second kappa shape index (κ2) is 7.68. The molecule has 1 fully saturated rings. The van der Waals surface area contributed by atoms with E-state index in [-0.39, 0.29) is 23.7 Å². The van der Waals surface area contributed by atoms with E-state index in [1.165, 1.54) is 12.1 Å². The maximum absolute atomic E-state index is 13.6. The molecule has 1 saturated heterocycles. The van der Waals surface area contributed by atoms with E-state index in [0.717, 1.165) is 19.5 Å². The zero-order valence-corrected chi connectivity index (χ0v) is 14.1. The SMILES string of the molecule is C[C@H](CC(=O)c1ccccc1F)C(=O)N(C)C[C@@H]1CCN(C)C1. The number of hydrogen-bond donors (Lipinski definition) is 0. The van der Waals surface area contributed by atoms with Crippen LogP contribution in [0.3, 0.4) is 0 Å². The number of Topliss-reactive ketones (excluding diaryl/α,β-unsaturated/α-hetero) is 1. The molecule has 1 amide bonds. The van der Waals surface area contributed by atoms with Crippen molar-refractivity contribution in [3.63, 3.8) is 0 Å². The van der Waals surface area contributed by atoms with Crippen molar-refractivity contribution in [1.82, 2.24) is 9.80 Å². The minimum absolute atomic E-state index is 0.0364. The van der Waals surface area contributed by atoms with Gasteiger partial charge in [0.15, 0.2) is 5.78 Å². The molecule has 0 radical (unpaired) electrons. The third kappa shape index (κ3) is 4.61. The van der Waals surface area contributed by atoms with Crippen LogP contribution >= 0.6 is 0 Å². The first-order valence-corrected chi connectivity index (χ1v) is 8.09. The highest BCUT2D eigenvalue weighted by molar-refractivity contribution is 5.98. The van der Waals surface area contributed by atoms with Crippen LogP contribution in [0.5, 0.6) is 0 Å². The number of carbonyl (C=O) groups is 2. The molecular formula is C18H25FN2O2. The van der Waals surface area contributed by atoms with Crippen LogP contribution in [0.4, 0.5) is 4.39 Å². The van der Waals surface area contributed by atoms with Crippen LogP contribution < -0.4 is 0 Å². The Labute approximate surface area is 137 Å². The quantitative estimate of drug-likeness (QED) is 0.756. The zero-order valence-electron chi connectivity index (χ0n) is 14.1. The number of ketones is 1. The van der Waals surface area contributed by atoms with Crippen LogP contribution in [0.1, 0.15) is 30.1 Å². The minimum atomic E-state index is -0.528. The molecule has 1 aromatic carbocycles. The van der Waals surface area contributed by atoms with Crippen molar-refractivity contribution in [2.75, 3.05) is 33.7 Å². The summed E-state index contributed by atoms with van der Waals surface area (Å²) in [5.74, 6) is -0.851. The predicted molar refractivity (Wildman–Crippen MR) is 87.8 cm³/mol. The summed E-state index contributed by atoms with van der Waals surface area (Å²) < 4.78 is 13.6. The number of rotatable bonds is 6. The van der Waals surface area contributed by atoms with Crippen LogP contribution in [0.15, 0.2) is 24.3 Å². The van der Waals surface area contributed by atoms with Gasteiger partial charge in [-0.25, -0.2) is 4.39 Å². The molecule has 1 aliphatic rings. The van der Waals surface area contributed by atoms with Gasteiger partial charge in [-0.3, -0.25) is 9.59 Å². The van der Waals surface area contributed by atoms with Crippen molar-refractivity contribution >= 4 is 11.7 Å². The van der Waals surface area contributed by atoms with Gasteiger partial charge in [-0.2, -0.15) is 0 Å². The summed E-state index contributed by atoms with van der Waals surface area (Å²) in [7, 11) is 3.86. The van der Waals surface area contributed by atoms with E-state index in [4.69, 9.17) is 0 Å². The molecule has 2 atom stereocenters. The van der Waals surface area contributed by atoms with Crippen LogP contribution in [0, 0.1) is 17.7 Å². The topological polar surface area (TPSA) is 40.6 Å². The summed E-state index contributed by atoms with van der Waals surface area (Å²) in [5, 5.41) is 0. The van der Waals surface area contributed by atoms with Gasteiger partial charge in [0.1, 0.15) is 5.82 Å². The molecule has 0 aromatic heterocycles. The normalized spacial score (nSPS) is 19.6. The third-order valence-corrected chi connectivity index (χ3v) is 4.48. The summed E-state index contributed by atoms with van der Waals surface area (Å²) >= 11 is 0. The van der Waals surface area contributed by atoms with E-state index in [1.807, 2.05) is 0 Å². The predicted octanol–water partition coefficient (Wildman–Crippen LogP) is 2.44. The number of benzene rings is 1. The summed E-state index contributed by atoms with van der Waals surface area (Å²) in [6.07, 6.45) is 1.13. The summed E-state index contributed by atoms with van der Waals surface area (Å²) in [6.45, 7) is 4.51. The molecule has 1 heterocycles. The first-order valence-electron chi connectivity index (χ1n) is 8.09. The second-order valence-electron chi connectivity index (χ2n) is 6.64. The van der Waals surface area contributed by atoms with Gasteiger partial charge in [0, 0.05) is 32.5 Å². The maximum atomic E-state index is 13.6. The van der Waals surface area contributed by atoms with Gasteiger partial charge in [-0.15, -0.1) is 0 Å². The molecule has 0 aliphatic carbocycles. The van der Waals surface area contributed by atoms with E-state index in [1.54, 1.807) is 31.0 Å². The molecule has 1 aliphatic heterocycles. The highest BCUT2D eigenvalue weighted by atomic mass is 19.1. The molecule has 0 bridgehead atoms. The lowest BCUT2D eigenvalue weighted by atomic mass is 9.98. The van der Waals surface area contributed by atoms with E-state index in [2.05, 4.69) is 11.9 Å². The Kier molecular flexibility index (Phi) is 5.88. The molecule has 0 saturated carbocycles. The highest BCUT2D eigenvalue weighted by Gasteiger charge is 2.26. The zero-order chi connectivity index (χ0) is 17.0. The average Bonchev–Trinajstić information content (AvgIpc) is 2.91. The van der Waals surface area contributed by atoms with Gasteiger partial charge < -0.3 is 9.80 Å². The molecule has 0 spiro atoms. The van der Waals surface area contributed by atoms with Gasteiger partial charge >= 0.3 is 0 Å². The average molecular weight is 320 g/mol. The van der Waals surface area contributed by atoms with Crippen molar-refractivity contribution in [3.05, 3.63) is 35.6 Å².